The topological polar surface area (TPSA) is 44.3 Å². The van der Waals surface area contributed by atoms with Crippen LogP contribution >= 0.6 is 0 Å². The summed E-state index contributed by atoms with van der Waals surface area (Å²) in [6.45, 7) is 1.06. The highest BCUT2D eigenvalue weighted by atomic mass is 16.5. The Labute approximate surface area is 131 Å². The maximum absolute atomic E-state index is 9.71. The summed E-state index contributed by atoms with van der Waals surface area (Å²) < 4.78 is 0. The van der Waals surface area contributed by atoms with Crippen LogP contribution in [0.1, 0.15) is 23.5 Å². The molecule has 4 unspecified atom stereocenters. The van der Waals surface area contributed by atoms with Crippen LogP contribution in [-0.2, 0) is 0 Å². The van der Waals surface area contributed by atoms with Crippen molar-refractivity contribution >= 4 is 0 Å². The van der Waals surface area contributed by atoms with E-state index in [4.69, 9.17) is 0 Å². The van der Waals surface area contributed by atoms with Gasteiger partial charge in [-0.3, -0.25) is 0 Å². The molecule has 3 N–H and O–H groups in total. The zero-order chi connectivity index (χ0) is 14.9. The first-order valence-corrected chi connectivity index (χ1v) is 8.11. The first-order chi connectivity index (χ1) is 10.9. The van der Waals surface area contributed by atoms with E-state index in [2.05, 4.69) is 71.5 Å². The molecule has 0 aromatic heterocycles. The molecule has 1 aliphatic heterocycles. The zero-order valence-corrected chi connectivity index (χ0v) is 12.5. The van der Waals surface area contributed by atoms with Gasteiger partial charge >= 0.3 is 0 Å². The monoisotopic (exact) mass is 294 g/mol. The van der Waals surface area contributed by atoms with E-state index < -0.39 is 0 Å². The number of fused-ring (bicyclic) bond motifs is 1. The molecule has 114 valence electrons. The molecule has 2 aromatic rings. The minimum absolute atomic E-state index is 0.115. The first kappa shape index (κ1) is 13.9. The summed E-state index contributed by atoms with van der Waals surface area (Å²) in [4.78, 5) is 0. The van der Waals surface area contributed by atoms with Crippen molar-refractivity contribution in [3.05, 3.63) is 71.8 Å². The van der Waals surface area contributed by atoms with Gasteiger partial charge in [0.2, 0.25) is 0 Å². The van der Waals surface area contributed by atoms with Crippen LogP contribution in [0.4, 0.5) is 0 Å². The molecule has 2 fully saturated rings. The van der Waals surface area contributed by atoms with Gasteiger partial charge in [-0.2, -0.15) is 0 Å². The van der Waals surface area contributed by atoms with Crippen LogP contribution in [0.2, 0.25) is 0 Å². The number of hydrogen-bond donors (Lipinski definition) is 3. The standard InChI is InChI=1S/C19H22N2O/c22-21-18-16-11-15(16)12-20-19(18)17(13-7-3-1-4-8-13)14-9-5-2-6-10-14/h1-10,15-22H,11-12H2. The molecule has 1 heterocycles. The fourth-order valence-electron chi connectivity index (χ4n) is 4.06. The van der Waals surface area contributed by atoms with Gasteiger partial charge in [0.1, 0.15) is 0 Å². The first-order valence-electron chi connectivity index (χ1n) is 8.11. The molecule has 3 heteroatoms. The molecular weight excluding hydrogens is 272 g/mol. The van der Waals surface area contributed by atoms with Crippen molar-refractivity contribution < 1.29 is 5.21 Å². The lowest BCUT2D eigenvalue weighted by molar-refractivity contribution is 0.0792. The van der Waals surface area contributed by atoms with Crippen LogP contribution in [0, 0.1) is 11.8 Å². The summed E-state index contributed by atoms with van der Waals surface area (Å²) in [6, 6.07) is 21.5. The van der Waals surface area contributed by atoms with E-state index in [-0.39, 0.29) is 18.0 Å². The summed E-state index contributed by atoms with van der Waals surface area (Å²) in [5.41, 5.74) is 5.20. The maximum atomic E-state index is 9.71. The average molecular weight is 294 g/mol. The summed E-state index contributed by atoms with van der Waals surface area (Å²) in [6.07, 6.45) is 1.22. The van der Waals surface area contributed by atoms with E-state index in [9.17, 15) is 5.21 Å². The minimum Gasteiger partial charge on any atom is -0.316 e. The van der Waals surface area contributed by atoms with Crippen LogP contribution in [0.15, 0.2) is 60.7 Å². The van der Waals surface area contributed by atoms with Crippen molar-refractivity contribution in [1.29, 1.82) is 0 Å². The predicted molar refractivity (Wildman–Crippen MR) is 86.8 cm³/mol. The van der Waals surface area contributed by atoms with Gasteiger partial charge in [0.25, 0.3) is 0 Å². The fraction of sp³-hybridized carbons (Fsp3) is 0.368. The van der Waals surface area contributed by atoms with Gasteiger partial charge in [0.15, 0.2) is 0 Å². The van der Waals surface area contributed by atoms with Crippen molar-refractivity contribution in [2.24, 2.45) is 11.8 Å². The van der Waals surface area contributed by atoms with Crippen LogP contribution < -0.4 is 10.8 Å². The molecule has 1 saturated carbocycles. The molecule has 0 spiro atoms. The number of piperidine rings is 1. The smallest absolute Gasteiger partial charge is 0.0513 e. The molecule has 3 nitrogen and oxygen atoms in total. The lowest BCUT2D eigenvalue weighted by atomic mass is 9.79. The molecule has 22 heavy (non-hydrogen) atoms. The Morgan fingerprint density at radius 3 is 2.09 bits per heavy atom. The average Bonchev–Trinajstić information content (AvgIpc) is 3.36. The number of rotatable bonds is 4. The SMILES string of the molecule is ONC1C2CC2CNC1C(c1ccccc1)c1ccccc1. The lowest BCUT2D eigenvalue weighted by Gasteiger charge is -2.37. The Morgan fingerprint density at radius 2 is 1.55 bits per heavy atom. The van der Waals surface area contributed by atoms with Crippen LogP contribution in [0.5, 0.6) is 0 Å². The van der Waals surface area contributed by atoms with E-state index in [1.54, 1.807) is 0 Å². The number of nitrogens with one attached hydrogen (secondary N) is 2. The van der Waals surface area contributed by atoms with Crippen molar-refractivity contribution in [3.8, 4) is 0 Å². The van der Waals surface area contributed by atoms with Crippen molar-refractivity contribution in [2.45, 2.75) is 24.4 Å². The Bertz CT molecular complexity index is 576. The molecule has 4 atom stereocenters. The fourth-order valence-corrected chi connectivity index (χ4v) is 4.06. The van der Waals surface area contributed by atoms with Crippen LogP contribution in [-0.4, -0.2) is 23.8 Å². The maximum Gasteiger partial charge on any atom is 0.0513 e. The normalized spacial score (nSPS) is 30.1. The number of benzene rings is 2. The Morgan fingerprint density at radius 1 is 0.955 bits per heavy atom. The van der Waals surface area contributed by atoms with Gasteiger partial charge < -0.3 is 10.5 Å². The quantitative estimate of drug-likeness (QED) is 0.760. The van der Waals surface area contributed by atoms with Gasteiger partial charge in [-0.25, -0.2) is 5.48 Å². The molecule has 2 aromatic carbocycles. The van der Waals surface area contributed by atoms with Crippen molar-refractivity contribution in [2.75, 3.05) is 6.54 Å². The highest BCUT2D eigenvalue weighted by Gasteiger charge is 2.51. The van der Waals surface area contributed by atoms with E-state index in [1.165, 1.54) is 17.5 Å². The number of hydrogen-bond acceptors (Lipinski definition) is 3. The molecule has 2 aliphatic rings. The third-order valence-electron chi connectivity index (χ3n) is 5.27. The number of hydroxylamine groups is 1. The summed E-state index contributed by atoms with van der Waals surface area (Å²) in [5, 5.41) is 13.4. The second-order valence-electron chi connectivity index (χ2n) is 6.55. The van der Waals surface area contributed by atoms with Gasteiger partial charge in [-0.15, -0.1) is 0 Å². The summed E-state index contributed by atoms with van der Waals surface area (Å²) >= 11 is 0. The lowest BCUT2D eigenvalue weighted by Crippen LogP contribution is -2.55. The highest BCUT2D eigenvalue weighted by Crippen LogP contribution is 2.47. The Balaban J connectivity index is 1.74. The molecule has 0 bridgehead atoms. The van der Waals surface area contributed by atoms with Gasteiger partial charge in [0, 0.05) is 12.0 Å². The molecule has 4 rings (SSSR count). The Hall–Kier alpha value is -1.68. The largest absolute Gasteiger partial charge is 0.316 e. The van der Waals surface area contributed by atoms with E-state index in [1.807, 2.05) is 0 Å². The molecule has 1 aliphatic carbocycles. The summed E-state index contributed by atoms with van der Waals surface area (Å²) in [7, 11) is 0. The van der Waals surface area contributed by atoms with E-state index in [0.29, 0.717) is 5.92 Å². The molecule has 0 amide bonds. The molecular formula is C19H22N2O. The highest BCUT2D eigenvalue weighted by molar-refractivity contribution is 5.36. The summed E-state index contributed by atoms with van der Waals surface area (Å²) in [5.74, 6) is 1.58. The molecule has 1 saturated heterocycles. The van der Waals surface area contributed by atoms with Crippen molar-refractivity contribution in [1.82, 2.24) is 10.8 Å². The van der Waals surface area contributed by atoms with E-state index in [0.717, 1.165) is 12.5 Å². The zero-order valence-electron chi connectivity index (χ0n) is 12.5. The minimum atomic E-state index is 0.115. The molecule has 0 radical (unpaired) electrons. The third kappa shape index (κ3) is 2.45. The van der Waals surface area contributed by atoms with Crippen LogP contribution in [0.3, 0.4) is 0 Å². The van der Waals surface area contributed by atoms with Gasteiger partial charge in [-0.05, 0) is 35.9 Å². The second kappa shape index (κ2) is 5.84. The van der Waals surface area contributed by atoms with Crippen molar-refractivity contribution in [3.63, 3.8) is 0 Å². The van der Waals surface area contributed by atoms with Crippen LogP contribution in [0.25, 0.3) is 0 Å². The third-order valence-corrected chi connectivity index (χ3v) is 5.27. The second-order valence-corrected chi connectivity index (χ2v) is 6.55. The predicted octanol–water partition coefficient (Wildman–Crippen LogP) is 2.77. The Kier molecular flexibility index (Phi) is 3.70. The van der Waals surface area contributed by atoms with E-state index >= 15 is 0 Å². The van der Waals surface area contributed by atoms with Gasteiger partial charge in [-0.1, -0.05) is 60.7 Å². The van der Waals surface area contributed by atoms with Gasteiger partial charge in [0.05, 0.1) is 6.04 Å².